The van der Waals surface area contributed by atoms with Gasteiger partial charge >= 0.3 is 0 Å². The zero-order chi connectivity index (χ0) is 26.4. The number of nitrogens with zero attached hydrogens (tertiary/aromatic N) is 3. The molecule has 7 nitrogen and oxygen atoms in total. The molecule has 1 fully saturated rings. The second kappa shape index (κ2) is 14.4. The van der Waals surface area contributed by atoms with Crippen molar-refractivity contribution in [1.82, 2.24) is 15.3 Å². The average Bonchev–Trinajstić information content (AvgIpc) is 2.98. The molecule has 2 N–H and O–H groups in total. The SMILES string of the molecule is Cc1ccc(CNC=O)cc1.c1ccc(COc2cccc(Nc3nccc(N4CCCCC4)n3)c2)cc1. The van der Waals surface area contributed by atoms with E-state index in [1.807, 2.05) is 85.9 Å². The van der Waals surface area contributed by atoms with Crippen LogP contribution >= 0.6 is 0 Å². The summed E-state index contributed by atoms with van der Waals surface area (Å²) in [5, 5.41) is 5.90. The van der Waals surface area contributed by atoms with Crippen LogP contribution in [0.3, 0.4) is 0 Å². The highest BCUT2D eigenvalue weighted by Crippen LogP contribution is 2.23. The van der Waals surface area contributed by atoms with E-state index < -0.39 is 0 Å². The summed E-state index contributed by atoms with van der Waals surface area (Å²) in [5.74, 6) is 2.41. The van der Waals surface area contributed by atoms with Gasteiger partial charge in [-0.25, -0.2) is 4.98 Å². The molecular weight excluding hydrogens is 474 g/mol. The molecule has 1 aromatic heterocycles. The van der Waals surface area contributed by atoms with Crippen LogP contribution in [0.5, 0.6) is 5.75 Å². The minimum Gasteiger partial charge on any atom is -0.489 e. The van der Waals surface area contributed by atoms with Crippen molar-refractivity contribution in [1.29, 1.82) is 0 Å². The average molecular weight is 510 g/mol. The third kappa shape index (κ3) is 8.62. The fourth-order valence-corrected chi connectivity index (χ4v) is 4.11. The van der Waals surface area contributed by atoms with Gasteiger partial charge in [0.1, 0.15) is 18.2 Å². The van der Waals surface area contributed by atoms with E-state index in [1.165, 1.54) is 24.8 Å². The number of amides is 1. The van der Waals surface area contributed by atoms with Gasteiger partial charge < -0.3 is 20.3 Å². The Kier molecular flexibility index (Phi) is 10.1. The lowest BCUT2D eigenvalue weighted by atomic mass is 10.1. The highest BCUT2D eigenvalue weighted by atomic mass is 16.5. The largest absolute Gasteiger partial charge is 0.489 e. The molecule has 0 atom stereocenters. The molecule has 0 radical (unpaired) electrons. The lowest BCUT2D eigenvalue weighted by Gasteiger charge is -2.27. The summed E-state index contributed by atoms with van der Waals surface area (Å²) in [6.07, 6.45) is 6.29. The van der Waals surface area contributed by atoms with Crippen molar-refractivity contribution in [2.75, 3.05) is 23.3 Å². The number of nitrogens with one attached hydrogen (secondary N) is 2. The highest BCUT2D eigenvalue weighted by Gasteiger charge is 2.12. The summed E-state index contributed by atoms with van der Waals surface area (Å²) in [4.78, 5) is 21.3. The van der Waals surface area contributed by atoms with E-state index >= 15 is 0 Å². The standard InChI is InChI=1S/C22H24N4O.C9H11NO/c1-3-8-18(9-4-1)17-27-20-11-7-10-19(16-20)24-22-23-13-12-21(25-22)26-14-5-2-6-15-26;1-8-2-4-9(5-3-8)6-10-7-11/h1,3-4,7-13,16H,2,5-6,14-15,17H2,(H,23,24,25);2-5,7H,6H2,1H3,(H,10,11). The molecule has 0 spiro atoms. The molecule has 1 amide bonds. The van der Waals surface area contributed by atoms with Crippen LogP contribution in [0.4, 0.5) is 17.5 Å². The van der Waals surface area contributed by atoms with Crippen LogP contribution in [0.2, 0.25) is 0 Å². The molecule has 0 bridgehead atoms. The molecule has 0 saturated carbocycles. The van der Waals surface area contributed by atoms with Gasteiger partial charge in [-0.15, -0.1) is 0 Å². The molecule has 2 heterocycles. The molecule has 3 aromatic carbocycles. The smallest absolute Gasteiger partial charge is 0.229 e. The van der Waals surface area contributed by atoms with E-state index in [2.05, 4.69) is 37.6 Å². The Morgan fingerprint density at radius 2 is 1.68 bits per heavy atom. The molecule has 5 rings (SSSR count). The van der Waals surface area contributed by atoms with E-state index in [1.54, 1.807) is 0 Å². The highest BCUT2D eigenvalue weighted by molar-refractivity contribution is 5.57. The number of anilines is 3. The zero-order valence-electron chi connectivity index (χ0n) is 21.8. The first-order valence-corrected chi connectivity index (χ1v) is 13.0. The van der Waals surface area contributed by atoms with Gasteiger partial charge in [0.15, 0.2) is 0 Å². The van der Waals surface area contributed by atoms with Crippen LogP contribution in [0.1, 0.15) is 36.0 Å². The predicted molar refractivity (Wildman–Crippen MR) is 153 cm³/mol. The Bertz CT molecular complexity index is 1260. The molecule has 1 saturated heterocycles. The lowest BCUT2D eigenvalue weighted by molar-refractivity contribution is -0.109. The monoisotopic (exact) mass is 509 g/mol. The Balaban J connectivity index is 0.000000257. The van der Waals surface area contributed by atoms with Gasteiger partial charge in [0.25, 0.3) is 0 Å². The Morgan fingerprint density at radius 1 is 0.895 bits per heavy atom. The van der Waals surface area contributed by atoms with Crippen molar-refractivity contribution in [3.8, 4) is 5.75 Å². The van der Waals surface area contributed by atoms with Crippen molar-refractivity contribution in [3.05, 3.63) is 108 Å². The minimum atomic E-state index is 0.547. The van der Waals surface area contributed by atoms with E-state index in [9.17, 15) is 4.79 Å². The number of aromatic nitrogens is 2. The lowest BCUT2D eigenvalue weighted by Crippen LogP contribution is -2.30. The van der Waals surface area contributed by atoms with Crippen LogP contribution in [0.25, 0.3) is 0 Å². The number of carbonyl (C=O) groups is 1. The normalized spacial score (nSPS) is 12.6. The maximum absolute atomic E-state index is 9.93. The van der Waals surface area contributed by atoms with Crippen LogP contribution < -0.4 is 20.3 Å². The van der Waals surface area contributed by atoms with Crippen LogP contribution in [0.15, 0.2) is 91.1 Å². The fraction of sp³-hybridized carbons (Fsp3) is 0.258. The first-order chi connectivity index (χ1) is 18.7. The summed E-state index contributed by atoms with van der Waals surface area (Å²) >= 11 is 0. The summed E-state index contributed by atoms with van der Waals surface area (Å²) in [6.45, 7) is 5.34. The Morgan fingerprint density at radius 3 is 2.45 bits per heavy atom. The quantitative estimate of drug-likeness (QED) is 0.268. The van der Waals surface area contributed by atoms with Crippen molar-refractivity contribution in [2.24, 2.45) is 0 Å². The molecular formula is C31H35N5O2. The van der Waals surface area contributed by atoms with Crippen molar-refractivity contribution in [3.63, 3.8) is 0 Å². The van der Waals surface area contributed by atoms with Gasteiger partial charge in [0, 0.05) is 37.6 Å². The number of piperidine rings is 1. The first kappa shape index (κ1) is 26.7. The molecule has 0 unspecified atom stereocenters. The third-order valence-electron chi connectivity index (χ3n) is 6.17. The summed E-state index contributed by atoms with van der Waals surface area (Å²) < 4.78 is 5.90. The molecule has 38 heavy (non-hydrogen) atoms. The maximum Gasteiger partial charge on any atom is 0.229 e. The summed E-state index contributed by atoms with van der Waals surface area (Å²) in [6, 6.07) is 28.1. The van der Waals surface area contributed by atoms with Gasteiger partial charge in [0.2, 0.25) is 12.4 Å². The van der Waals surface area contributed by atoms with Gasteiger partial charge in [-0.1, -0.05) is 66.2 Å². The first-order valence-electron chi connectivity index (χ1n) is 13.0. The number of benzene rings is 3. The second-order valence-corrected chi connectivity index (χ2v) is 9.20. The number of hydrogen-bond acceptors (Lipinski definition) is 6. The topological polar surface area (TPSA) is 79.4 Å². The van der Waals surface area contributed by atoms with Crippen molar-refractivity contribution >= 4 is 23.9 Å². The van der Waals surface area contributed by atoms with Crippen LogP contribution in [0, 0.1) is 6.92 Å². The predicted octanol–water partition coefficient (Wildman–Crippen LogP) is 6.03. The van der Waals surface area contributed by atoms with Gasteiger partial charge in [-0.05, 0) is 55.5 Å². The molecule has 0 aliphatic carbocycles. The summed E-state index contributed by atoms with van der Waals surface area (Å²) in [7, 11) is 0. The van der Waals surface area contributed by atoms with Crippen LogP contribution in [-0.4, -0.2) is 29.5 Å². The third-order valence-corrected chi connectivity index (χ3v) is 6.17. The number of rotatable bonds is 9. The Labute approximate surface area is 224 Å². The van der Waals surface area contributed by atoms with Gasteiger partial charge in [0.05, 0.1) is 0 Å². The zero-order valence-corrected chi connectivity index (χ0v) is 21.8. The van der Waals surface area contributed by atoms with Crippen molar-refractivity contribution in [2.45, 2.75) is 39.3 Å². The van der Waals surface area contributed by atoms with Crippen LogP contribution in [-0.2, 0) is 17.9 Å². The van der Waals surface area contributed by atoms with E-state index in [4.69, 9.17) is 4.74 Å². The number of carbonyl (C=O) groups excluding carboxylic acids is 1. The fourth-order valence-electron chi connectivity index (χ4n) is 4.11. The van der Waals surface area contributed by atoms with Gasteiger partial charge in [-0.2, -0.15) is 4.98 Å². The molecule has 4 aromatic rings. The number of hydrogen-bond donors (Lipinski definition) is 2. The van der Waals surface area contributed by atoms with Gasteiger partial charge in [-0.3, -0.25) is 4.79 Å². The van der Waals surface area contributed by atoms with Crippen molar-refractivity contribution < 1.29 is 9.53 Å². The molecule has 7 heteroatoms. The molecule has 1 aliphatic heterocycles. The van der Waals surface area contributed by atoms with E-state index in [0.717, 1.165) is 41.5 Å². The van der Waals surface area contributed by atoms with E-state index in [0.29, 0.717) is 25.5 Å². The van der Waals surface area contributed by atoms with E-state index in [-0.39, 0.29) is 0 Å². The summed E-state index contributed by atoms with van der Waals surface area (Å²) in [5.41, 5.74) is 4.42. The minimum absolute atomic E-state index is 0.547. The maximum atomic E-state index is 9.93. The second-order valence-electron chi connectivity index (χ2n) is 9.20. The molecule has 196 valence electrons. The number of ether oxygens (including phenoxy) is 1. The Hall–Kier alpha value is -4.39. The molecule has 1 aliphatic rings. The number of aryl methyl sites for hydroxylation is 1.